The minimum atomic E-state index is 0.604. The molecule has 3 aromatic rings. The first-order valence-electron chi connectivity index (χ1n) is 10.3. The van der Waals surface area contributed by atoms with Crippen molar-refractivity contribution >= 4 is 29.0 Å². The highest BCUT2D eigenvalue weighted by Gasteiger charge is 2.15. The minimum absolute atomic E-state index is 0.604. The normalized spacial score (nSPS) is 14.6. The third-order valence-electron chi connectivity index (χ3n) is 5.33. The van der Waals surface area contributed by atoms with Crippen molar-refractivity contribution in [1.82, 2.24) is 15.2 Å². The fourth-order valence-electron chi connectivity index (χ4n) is 3.70. The van der Waals surface area contributed by atoms with Crippen LogP contribution in [0.15, 0.2) is 54.7 Å². The van der Waals surface area contributed by atoms with E-state index in [1.165, 1.54) is 0 Å². The number of ether oxygens (including phenoxy) is 1. The maximum Gasteiger partial charge on any atom is 0.145 e. The second-order valence-electron chi connectivity index (χ2n) is 7.80. The molecule has 0 saturated carbocycles. The standard InChI is InChI=1S/C24H26Cl2N4O/c1-27-15-17-9-18(19-11-20(25)14-21(26)12-19)13-23(10-17)31-22-3-4-24(28-16-22)30-7-5-29(2)6-8-30/h3-4,9-14,16,27H,5-8,15H2,1-2H3. The highest BCUT2D eigenvalue weighted by atomic mass is 35.5. The van der Waals surface area contributed by atoms with Crippen LogP contribution in [0.3, 0.4) is 0 Å². The Balaban J connectivity index is 1.56. The lowest BCUT2D eigenvalue weighted by molar-refractivity contribution is 0.312. The van der Waals surface area contributed by atoms with E-state index in [9.17, 15) is 0 Å². The Morgan fingerprint density at radius 2 is 1.61 bits per heavy atom. The largest absolute Gasteiger partial charge is 0.456 e. The number of rotatable bonds is 6. The van der Waals surface area contributed by atoms with Crippen molar-refractivity contribution in [2.45, 2.75) is 6.54 Å². The van der Waals surface area contributed by atoms with Crippen LogP contribution in [0.25, 0.3) is 11.1 Å². The topological polar surface area (TPSA) is 40.6 Å². The Morgan fingerprint density at radius 3 is 2.26 bits per heavy atom. The molecule has 0 amide bonds. The van der Waals surface area contributed by atoms with Crippen molar-refractivity contribution in [3.63, 3.8) is 0 Å². The lowest BCUT2D eigenvalue weighted by atomic mass is 10.0. The highest BCUT2D eigenvalue weighted by molar-refractivity contribution is 6.35. The van der Waals surface area contributed by atoms with Crippen molar-refractivity contribution in [3.8, 4) is 22.6 Å². The fraction of sp³-hybridized carbons (Fsp3) is 0.292. The molecule has 0 atom stereocenters. The van der Waals surface area contributed by atoms with Gasteiger partial charge in [0.05, 0.1) is 6.20 Å². The van der Waals surface area contributed by atoms with Gasteiger partial charge in [-0.1, -0.05) is 23.2 Å². The molecule has 0 radical (unpaired) electrons. The summed E-state index contributed by atoms with van der Waals surface area (Å²) in [6, 6.07) is 15.7. The third-order valence-corrected chi connectivity index (χ3v) is 5.76. The van der Waals surface area contributed by atoms with Crippen molar-refractivity contribution in [2.75, 3.05) is 45.2 Å². The van der Waals surface area contributed by atoms with E-state index in [0.29, 0.717) is 15.8 Å². The number of pyridine rings is 1. The molecule has 2 aromatic carbocycles. The highest BCUT2D eigenvalue weighted by Crippen LogP contribution is 2.32. The zero-order valence-electron chi connectivity index (χ0n) is 17.7. The van der Waals surface area contributed by atoms with Crippen LogP contribution < -0.4 is 15.0 Å². The predicted molar refractivity (Wildman–Crippen MR) is 129 cm³/mol. The molecule has 1 aliphatic heterocycles. The van der Waals surface area contributed by atoms with Gasteiger partial charge in [0, 0.05) is 42.8 Å². The summed E-state index contributed by atoms with van der Waals surface area (Å²) >= 11 is 12.4. The summed E-state index contributed by atoms with van der Waals surface area (Å²) in [5.74, 6) is 2.43. The molecule has 1 aromatic heterocycles. The van der Waals surface area contributed by atoms with Gasteiger partial charge in [0.1, 0.15) is 17.3 Å². The van der Waals surface area contributed by atoms with Gasteiger partial charge < -0.3 is 19.9 Å². The predicted octanol–water partition coefficient (Wildman–Crippen LogP) is 5.32. The van der Waals surface area contributed by atoms with Crippen LogP contribution in [-0.4, -0.2) is 50.2 Å². The number of hydrogen-bond donors (Lipinski definition) is 1. The van der Waals surface area contributed by atoms with Gasteiger partial charge in [-0.05, 0) is 79.3 Å². The van der Waals surface area contributed by atoms with Crippen molar-refractivity contribution < 1.29 is 4.74 Å². The monoisotopic (exact) mass is 456 g/mol. The van der Waals surface area contributed by atoms with E-state index >= 15 is 0 Å². The molecular weight excluding hydrogens is 431 g/mol. The summed E-state index contributed by atoms with van der Waals surface area (Å²) < 4.78 is 6.16. The van der Waals surface area contributed by atoms with Crippen LogP contribution in [-0.2, 0) is 6.54 Å². The van der Waals surface area contributed by atoms with Gasteiger partial charge in [-0.25, -0.2) is 4.98 Å². The van der Waals surface area contributed by atoms with Crippen LogP contribution in [0.5, 0.6) is 11.5 Å². The van der Waals surface area contributed by atoms with Crippen molar-refractivity contribution in [2.24, 2.45) is 0 Å². The van der Waals surface area contributed by atoms with Gasteiger partial charge in [-0.2, -0.15) is 0 Å². The maximum absolute atomic E-state index is 6.21. The van der Waals surface area contributed by atoms with E-state index in [1.807, 2.05) is 43.4 Å². The van der Waals surface area contributed by atoms with E-state index in [1.54, 1.807) is 12.3 Å². The molecule has 0 spiro atoms. The number of benzene rings is 2. The number of nitrogens with zero attached hydrogens (tertiary/aromatic N) is 3. The molecule has 4 rings (SSSR count). The Bertz CT molecular complexity index is 1010. The maximum atomic E-state index is 6.21. The number of aromatic nitrogens is 1. The number of anilines is 1. The smallest absolute Gasteiger partial charge is 0.145 e. The molecule has 1 aliphatic rings. The van der Waals surface area contributed by atoms with Crippen molar-refractivity contribution in [3.05, 3.63) is 70.3 Å². The molecule has 0 aliphatic carbocycles. The van der Waals surface area contributed by atoms with E-state index in [-0.39, 0.29) is 0 Å². The number of nitrogens with one attached hydrogen (secondary N) is 1. The van der Waals surface area contributed by atoms with Crippen molar-refractivity contribution in [1.29, 1.82) is 0 Å². The average molecular weight is 457 g/mol. The van der Waals surface area contributed by atoms with Gasteiger partial charge in [-0.3, -0.25) is 0 Å². The minimum Gasteiger partial charge on any atom is -0.456 e. The van der Waals surface area contributed by atoms with Gasteiger partial charge in [0.2, 0.25) is 0 Å². The van der Waals surface area contributed by atoms with Crippen LogP contribution in [0.4, 0.5) is 5.82 Å². The van der Waals surface area contributed by atoms with E-state index in [4.69, 9.17) is 27.9 Å². The molecule has 2 heterocycles. The summed E-state index contributed by atoms with van der Waals surface area (Å²) in [5.41, 5.74) is 3.05. The SMILES string of the molecule is CNCc1cc(Oc2ccc(N3CCN(C)CC3)nc2)cc(-c2cc(Cl)cc(Cl)c2)c1. The van der Waals surface area contributed by atoms with E-state index in [0.717, 1.165) is 61.0 Å². The molecule has 1 N–H and O–H groups in total. The molecule has 0 bridgehead atoms. The van der Waals surface area contributed by atoms with Gasteiger partial charge in [-0.15, -0.1) is 0 Å². The Morgan fingerprint density at radius 1 is 0.903 bits per heavy atom. The average Bonchev–Trinajstić information content (AvgIpc) is 2.74. The number of likely N-dealkylation sites (N-methyl/N-ethyl adjacent to an activating group) is 1. The zero-order valence-corrected chi connectivity index (χ0v) is 19.2. The molecule has 7 heteroatoms. The Hall–Kier alpha value is -2.31. The second kappa shape index (κ2) is 9.88. The summed E-state index contributed by atoms with van der Waals surface area (Å²) in [5, 5.41) is 4.40. The first-order chi connectivity index (χ1) is 15.0. The Labute approximate surface area is 193 Å². The van der Waals surface area contributed by atoms with E-state index < -0.39 is 0 Å². The van der Waals surface area contributed by atoms with E-state index in [2.05, 4.69) is 33.2 Å². The third kappa shape index (κ3) is 5.69. The van der Waals surface area contributed by atoms with Crippen LogP contribution in [0, 0.1) is 0 Å². The lowest BCUT2D eigenvalue weighted by Gasteiger charge is -2.33. The molecule has 0 unspecified atom stereocenters. The molecule has 1 saturated heterocycles. The van der Waals surface area contributed by atoms with Gasteiger partial charge in [0.25, 0.3) is 0 Å². The first kappa shape index (κ1) is 21.9. The quantitative estimate of drug-likeness (QED) is 0.543. The number of halogens is 2. The van der Waals surface area contributed by atoms with Crippen LogP contribution in [0.2, 0.25) is 10.0 Å². The Kier molecular flexibility index (Phi) is 6.98. The summed E-state index contributed by atoms with van der Waals surface area (Å²) in [4.78, 5) is 9.26. The molecule has 31 heavy (non-hydrogen) atoms. The second-order valence-corrected chi connectivity index (χ2v) is 8.67. The molecule has 5 nitrogen and oxygen atoms in total. The van der Waals surface area contributed by atoms with Gasteiger partial charge >= 0.3 is 0 Å². The molecule has 162 valence electrons. The summed E-state index contributed by atoms with van der Waals surface area (Å²) in [6.45, 7) is 4.80. The first-order valence-corrected chi connectivity index (χ1v) is 11.1. The summed E-state index contributed by atoms with van der Waals surface area (Å²) in [7, 11) is 4.07. The number of piperazine rings is 1. The zero-order chi connectivity index (χ0) is 21.8. The van der Waals surface area contributed by atoms with Crippen LogP contribution in [0.1, 0.15) is 5.56 Å². The number of hydrogen-bond acceptors (Lipinski definition) is 5. The fourth-order valence-corrected chi connectivity index (χ4v) is 4.23. The van der Waals surface area contributed by atoms with Gasteiger partial charge in [0.15, 0.2) is 0 Å². The lowest BCUT2D eigenvalue weighted by Crippen LogP contribution is -2.44. The summed E-state index contributed by atoms with van der Waals surface area (Å²) in [6.07, 6.45) is 1.79. The van der Waals surface area contributed by atoms with Crippen LogP contribution >= 0.6 is 23.2 Å². The molecule has 1 fully saturated rings. The molecular formula is C24H26Cl2N4O.